The minimum absolute atomic E-state index is 0.0394. The topological polar surface area (TPSA) is 74.0 Å². The zero-order valence-corrected chi connectivity index (χ0v) is 13.1. The molecule has 120 valence electrons. The van der Waals surface area contributed by atoms with Crippen LogP contribution in [0.2, 0.25) is 0 Å². The van der Waals surface area contributed by atoms with Gasteiger partial charge in [0, 0.05) is 5.56 Å². The number of ether oxygens (including phenoxy) is 3. The average Bonchev–Trinajstić information content (AvgIpc) is 3.03. The third-order valence-electron chi connectivity index (χ3n) is 3.55. The second-order valence-corrected chi connectivity index (χ2v) is 4.89. The van der Waals surface area contributed by atoms with Gasteiger partial charge in [0.2, 0.25) is 11.6 Å². The molecule has 0 saturated heterocycles. The molecular weight excluding hydrogens is 298 g/mol. The Hall–Kier alpha value is -2.73. The third-order valence-corrected chi connectivity index (χ3v) is 3.55. The number of hydrogen-bond acceptors (Lipinski definition) is 6. The first-order valence-electron chi connectivity index (χ1n) is 7.01. The number of nitrogens with zero attached hydrogens (tertiary/aromatic N) is 1. The van der Waals surface area contributed by atoms with Crippen LogP contribution in [-0.4, -0.2) is 31.4 Å². The fraction of sp³-hybridized carbons (Fsp3) is 0.235. The lowest BCUT2D eigenvalue weighted by atomic mass is 10.2. The number of oxazole rings is 1. The van der Waals surface area contributed by atoms with Gasteiger partial charge in [-0.2, -0.15) is 0 Å². The van der Waals surface area contributed by atoms with Gasteiger partial charge in [0.15, 0.2) is 17.1 Å². The van der Waals surface area contributed by atoms with Crippen LogP contribution in [0.25, 0.3) is 22.6 Å². The maximum atomic E-state index is 9.21. The third kappa shape index (κ3) is 2.68. The average molecular weight is 315 g/mol. The van der Waals surface area contributed by atoms with Gasteiger partial charge in [0.25, 0.3) is 0 Å². The van der Waals surface area contributed by atoms with Crippen LogP contribution in [0.1, 0.15) is 5.56 Å². The molecule has 0 aliphatic rings. The molecule has 23 heavy (non-hydrogen) atoms. The molecule has 0 bridgehead atoms. The number of rotatable bonds is 5. The molecule has 0 saturated carbocycles. The van der Waals surface area contributed by atoms with Crippen molar-refractivity contribution in [1.82, 2.24) is 4.98 Å². The Balaban J connectivity index is 2.14. The van der Waals surface area contributed by atoms with Gasteiger partial charge in [-0.3, -0.25) is 0 Å². The Kier molecular flexibility index (Phi) is 4.08. The van der Waals surface area contributed by atoms with Crippen molar-refractivity contribution in [3.8, 4) is 28.7 Å². The van der Waals surface area contributed by atoms with Crippen molar-refractivity contribution < 1.29 is 23.7 Å². The van der Waals surface area contributed by atoms with Crippen molar-refractivity contribution in [2.75, 3.05) is 21.3 Å². The normalized spacial score (nSPS) is 10.8. The SMILES string of the molecule is COc1cc(-c2nc3cc(CO)ccc3o2)cc(OC)c1OC. The molecular formula is C17H17NO5. The van der Waals surface area contributed by atoms with E-state index >= 15 is 0 Å². The Labute approximate surface area is 133 Å². The second-order valence-electron chi connectivity index (χ2n) is 4.89. The highest BCUT2D eigenvalue weighted by atomic mass is 16.5. The van der Waals surface area contributed by atoms with Crippen LogP contribution in [0, 0.1) is 0 Å². The first kappa shape index (κ1) is 15.2. The van der Waals surface area contributed by atoms with Crippen molar-refractivity contribution in [1.29, 1.82) is 0 Å². The summed E-state index contributed by atoms with van der Waals surface area (Å²) < 4.78 is 21.8. The number of aromatic nitrogens is 1. The second kappa shape index (κ2) is 6.18. The summed E-state index contributed by atoms with van der Waals surface area (Å²) in [5, 5.41) is 9.21. The molecule has 6 nitrogen and oxygen atoms in total. The standard InChI is InChI=1S/C17H17NO5/c1-20-14-7-11(8-15(21-2)16(14)22-3)17-18-12-6-10(9-19)4-5-13(12)23-17/h4-8,19H,9H2,1-3H3. The van der Waals surface area contributed by atoms with Crippen molar-refractivity contribution in [3.05, 3.63) is 35.9 Å². The smallest absolute Gasteiger partial charge is 0.227 e. The summed E-state index contributed by atoms with van der Waals surface area (Å²) >= 11 is 0. The van der Waals surface area contributed by atoms with Crippen molar-refractivity contribution in [3.63, 3.8) is 0 Å². The molecule has 2 aromatic carbocycles. The monoisotopic (exact) mass is 315 g/mol. The number of hydrogen-bond donors (Lipinski definition) is 1. The highest BCUT2D eigenvalue weighted by Gasteiger charge is 2.17. The highest BCUT2D eigenvalue weighted by Crippen LogP contribution is 2.41. The van der Waals surface area contributed by atoms with E-state index in [9.17, 15) is 5.11 Å². The molecule has 1 heterocycles. The maximum Gasteiger partial charge on any atom is 0.227 e. The van der Waals surface area contributed by atoms with Crippen molar-refractivity contribution in [2.45, 2.75) is 6.61 Å². The molecule has 0 aliphatic carbocycles. The van der Waals surface area contributed by atoms with Crippen molar-refractivity contribution >= 4 is 11.1 Å². The van der Waals surface area contributed by atoms with Crippen molar-refractivity contribution in [2.24, 2.45) is 0 Å². The molecule has 6 heteroatoms. The van der Waals surface area contributed by atoms with Gasteiger partial charge in [0.05, 0.1) is 27.9 Å². The van der Waals surface area contributed by atoms with Gasteiger partial charge in [-0.1, -0.05) is 6.07 Å². The quantitative estimate of drug-likeness (QED) is 0.780. The van der Waals surface area contributed by atoms with Crippen LogP contribution < -0.4 is 14.2 Å². The summed E-state index contributed by atoms with van der Waals surface area (Å²) in [6, 6.07) is 8.93. The first-order chi connectivity index (χ1) is 11.2. The van der Waals surface area contributed by atoms with E-state index in [0.717, 1.165) is 5.56 Å². The molecule has 1 N–H and O–H groups in total. The van der Waals surface area contributed by atoms with Crippen LogP contribution in [0.3, 0.4) is 0 Å². The summed E-state index contributed by atoms with van der Waals surface area (Å²) in [6.45, 7) is -0.0394. The molecule has 0 fully saturated rings. The van der Waals surface area contributed by atoms with Gasteiger partial charge in [0.1, 0.15) is 5.52 Å². The molecule has 0 atom stereocenters. The van der Waals surface area contributed by atoms with E-state index < -0.39 is 0 Å². The van der Waals surface area contributed by atoms with Crippen LogP contribution in [0.15, 0.2) is 34.7 Å². The summed E-state index contributed by atoms with van der Waals surface area (Å²) in [6.07, 6.45) is 0. The molecule has 0 unspecified atom stereocenters. The lowest BCUT2D eigenvalue weighted by molar-refractivity contribution is 0.282. The molecule has 3 aromatic rings. The van der Waals surface area contributed by atoms with Gasteiger partial charge in [-0.15, -0.1) is 0 Å². The summed E-state index contributed by atoms with van der Waals surface area (Å²) in [5.41, 5.74) is 2.81. The number of methoxy groups -OCH3 is 3. The van der Waals surface area contributed by atoms with E-state index in [1.807, 2.05) is 0 Å². The Bertz CT molecular complexity index is 815. The van der Waals surface area contributed by atoms with E-state index in [2.05, 4.69) is 4.98 Å². The van der Waals surface area contributed by atoms with Gasteiger partial charge >= 0.3 is 0 Å². The Morgan fingerprint density at radius 1 is 1.00 bits per heavy atom. The fourth-order valence-electron chi connectivity index (χ4n) is 2.40. The van der Waals surface area contributed by atoms with E-state index in [4.69, 9.17) is 18.6 Å². The predicted octanol–water partition coefficient (Wildman–Crippen LogP) is 3.01. The minimum Gasteiger partial charge on any atom is -0.493 e. The number of aliphatic hydroxyl groups is 1. The largest absolute Gasteiger partial charge is 0.493 e. The van der Waals surface area contributed by atoms with Gasteiger partial charge in [-0.05, 0) is 29.8 Å². The van der Waals surface area contributed by atoms with Crippen LogP contribution in [0.4, 0.5) is 0 Å². The molecule has 0 aliphatic heterocycles. The predicted molar refractivity (Wildman–Crippen MR) is 85.0 cm³/mol. The molecule has 0 spiro atoms. The maximum absolute atomic E-state index is 9.21. The number of benzene rings is 2. The fourth-order valence-corrected chi connectivity index (χ4v) is 2.40. The summed E-state index contributed by atoms with van der Waals surface area (Å²) in [4.78, 5) is 4.47. The van der Waals surface area contributed by atoms with Gasteiger partial charge < -0.3 is 23.7 Å². The lowest BCUT2D eigenvalue weighted by Crippen LogP contribution is -1.95. The first-order valence-corrected chi connectivity index (χ1v) is 7.01. The molecule has 0 amide bonds. The zero-order valence-electron chi connectivity index (χ0n) is 13.1. The molecule has 1 aromatic heterocycles. The van der Waals surface area contributed by atoms with Gasteiger partial charge in [-0.25, -0.2) is 4.98 Å². The van der Waals surface area contributed by atoms with Crippen LogP contribution in [-0.2, 0) is 6.61 Å². The molecule has 0 radical (unpaired) electrons. The Morgan fingerprint density at radius 2 is 1.70 bits per heavy atom. The number of fused-ring (bicyclic) bond motifs is 1. The minimum atomic E-state index is -0.0394. The van der Waals surface area contributed by atoms with E-state index in [1.54, 1.807) is 51.7 Å². The van der Waals surface area contributed by atoms with E-state index in [0.29, 0.717) is 39.8 Å². The lowest BCUT2D eigenvalue weighted by Gasteiger charge is -2.12. The van der Waals surface area contributed by atoms with E-state index in [1.165, 1.54) is 0 Å². The van der Waals surface area contributed by atoms with Crippen LogP contribution in [0.5, 0.6) is 17.2 Å². The summed E-state index contributed by atoms with van der Waals surface area (Å²) in [5.74, 6) is 2.01. The number of aliphatic hydroxyl groups excluding tert-OH is 1. The summed E-state index contributed by atoms with van der Waals surface area (Å²) in [7, 11) is 4.66. The van der Waals surface area contributed by atoms with E-state index in [-0.39, 0.29) is 6.61 Å². The molecule has 3 rings (SSSR count). The zero-order chi connectivity index (χ0) is 16.4. The Morgan fingerprint density at radius 3 is 2.26 bits per heavy atom. The van der Waals surface area contributed by atoms with Crippen LogP contribution >= 0.6 is 0 Å². The highest BCUT2D eigenvalue weighted by molar-refractivity contribution is 5.78.